The van der Waals surface area contributed by atoms with Gasteiger partial charge in [0, 0.05) is 13.0 Å². The van der Waals surface area contributed by atoms with Gasteiger partial charge in [-0.2, -0.15) is 4.72 Å². The van der Waals surface area contributed by atoms with Gasteiger partial charge in [0.25, 0.3) is 0 Å². The average molecular weight is 325 g/mol. The summed E-state index contributed by atoms with van der Waals surface area (Å²) >= 11 is 0. The summed E-state index contributed by atoms with van der Waals surface area (Å²) in [6.07, 6.45) is 4.14. The van der Waals surface area contributed by atoms with Crippen molar-refractivity contribution < 1.29 is 23.1 Å². The van der Waals surface area contributed by atoms with Crippen LogP contribution in [0.3, 0.4) is 0 Å². The fourth-order valence-corrected chi connectivity index (χ4v) is 4.48. The molecule has 6 nitrogen and oxygen atoms in total. The van der Waals surface area contributed by atoms with Crippen LogP contribution in [0.25, 0.3) is 0 Å². The Kier molecular flexibility index (Phi) is 3.96. The highest BCUT2D eigenvalue weighted by Crippen LogP contribution is 2.26. The molecule has 120 valence electrons. The van der Waals surface area contributed by atoms with Gasteiger partial charge >= 0.3 is 5.97 Å². The number of rotatable bonds is 4. The van der Waals surface area contributed by atoms with E-state index in [1.54, 1.807) is 12.1 Å². The molecule has 0 spiro atoms. The van der Waals surface area contributed by atoms with Gasteiger partial charge in [0.05, 0.1) is 11.5 Å². The number of nitrogens with one attached hydrogen (secondary N) is 1. The van der Waals surface area contributed by atoms with Crippen molar-refractivity contribution in [2.75, 3.05) is 13.2 Å². The number of aliphatic carboxylic acids is 1. The third kappa shape index (κ3) is 2.76. The number of ether oxygens (including phenoxy) is 1. The zero-order valence-corrected chi connectivity index (χ0v) is 13.0. The van der Waals surface area contributed by atoms with Crippen LogP contribution in [-0.4, -0.2) is 38.2 Å². The average Bonchev–Trinajstić information content (AvgIpc) is 2.96. The Hall–Kier alpha value is -1.44. The summed E-state index contributed by atoms with van der Waals surface area (Å²) in [5.41, 5.74) is 0.665. The van der Waals surface area contributed by atoms with E-state index in [4.69, 9.17) is 4.74 Å². The Morgan fingerprint density at radius 1 is 1.23 bits per heavy atom. The fourth-order valence-electron chi connectivity index (χ4n) is 3.05. The first-order valence-electron chi connectivity index (χ1n) is 7.40. The Bertz CT molecular complexity index is 692. The lowest BCUT2D eigenvalue weighted by molar-refractivity contribution is -0.144. The van der Waals surface area contributed by atoms with Crippen molar-refractivity contribution in [2.24, 2.45) is 0 Å². The molecule has 22 heavy (non-hydrogen) atoms. The molecule has 1 aliphatic carbocycles. The zero-order valence-electron chi connectivity index (χ0n) is 12.2. The smallest absolute Gasteiger partial charge is 0.327 e. The van der Waals surface area contributed by atoms with Crippen LogP contribution >= 0.6 is 0 Å². The first-order valence-corrected chi connectivity index (χ1v) is 8.88. The van der Waals surface area contributed by atoms with Crippen molar-refractivity contribution >= 4 is 16.0 Å². The number of carboxylic acids is 1. The summed E-state index contributed by atoms with van der Waals surface area (Å²) in [6.45, 7) is 0.0888. The van der Waals surface area contributed by atoms with Gasteiger partial charge in [0.1, 0.15) is 0 Å². The van der Waals surface area contributed by atoms with E-state index in [9.17, 15) is 18.3 Å². The van der Waals surface area contributed by atoms with E-state index < -0.39 is 21.5 Å². The summed E-state index contributed by atoms with van der Waals surface area (Å²) in [7, 11) is -3.89. The summed E-state index contributed by atoms with van der Waals surface area (Å²) in [6, 6.07) is 5.06. The van der Waals surface area contributed by atoms with Crippen LogP contribution < -0.4 is 4.72 Å². The van der Waals surface area contributed by atoms with E-state index >= 15 is 0 Å². The van der Waals surface area contributed by atoms with Crippen LogP contribution in [0.4, 0.5) is 0 Å². The summed E-state index contributed by atoms with van der Waals surface area (Å²) < 4.78 is 32.5. The molecule has 3 rings (SSSR count). The molecule has 0 aromatic heterocycles. The van der Waals surface area contributed by atoms with E-state index in [1.165, 1.54) is 5.56 Å². The maximum absolute atomic E-state index is 12.6. The van der Waals surface area contributed by atoms with Gasteiger partial charge in [-0.1, -0.05) is 6.07 Å². The molecule has 0 bridgehead atoms. The zero-order chi connectivity index (χ0) is 15.8. The van der Waals surface area contributed by atoms with Crippen LogP contribution in [0.5, 0.6) is 0 Å². The van der Waals surface area contributed by atoms with Crippen LogP contribution in [0.1, 0.15) is 30.4 Å². The number of hydrogen-bond donors (Lipinski definition) is 2. The molecule has 1 fully saturated rings. The molecule has 2 N–H and O–H groups in total. The molecular formula is C15H19NO5S. The van der Waals surface area contributed by atoms with E-state index in [-0.39, 0.29) is 24.5 Å². The van der Waals surface area contributed by atoms with Gasteiger partial charge in [-0.25, -0.2) is 8.42 Å². The summed E-state index contributed by atoms with van der Waals surface area (Å²) in [5.74, 6) is -1.20. The van der Waals surface area contributed by atoms with Crippen molar-refractivity contribution in [3.63, 3.8) is 0 Å². The van der Waals surface area contributed by atoms with Crippen LogP contribution in [-0.2, 0) is 32.4 Å². The largest absolute Gasteiger partial charge is 0.480 e. The van der Waals surface area contributed by atoms with Crippen LogP contribution in [0.15, 0.2) is 23.1 Å². The summed E-state index contributed by atoms with van der Waals surface area (Å²) in [5, 5.41) is 9.36. The second-order valence-electron chi connectivity index (χ2n) is 5.93. The molecule has 1 aromatic rings. The Morgan fingerprint density at radius 2 is 1.95 bits per heavy atom. The maximum Gasteiger partial charge on any atom is 0.327 e. The molecule has 2 aliphatic rings. The number of fused-ring (bicyclic) bond motifs is 1. The van der Waals surface area contributed by atoms with Crippen molar-refractivity contribution in [3.8, 4) is 0 Å². The van der Waals surface area contributed by atoms with E-state index in [2.05, 4.69) is 4.72 Å². The lowest BCUT2D eigenvalue weighted by Gasteiger charge is -2.24. The molecule has 1 heterocycles. The summed E-state index contributed by atoms with van der Waals surface area (Å²) in [4.78, 5) is 11.6. The quantitative estimate of drug-likeness (QED) is 0.864. The van der Waals surface area contributed by atoms with Crippen molar-refractivity contribution in [1.29, 1.82) is 0 Å². The lowest BCUT2D eigenvalue weighted by atomic mass is 9.92. The maximum atomic E-state index is 12.6. The molecule has 0 amide bonds. The number of hydrogen-bond acceptors (Lipinski definition) is 4. The van der Waals surface area contributed by atoms with Crippen molar-refractivity contribution in [1.82, 2.24) is 4.72 Å². The molecule has 1 aromatic carbocycles. The van der Waals surface area contributed by atoms with E-state index in [1.807, 2.05) is 6.07 Å². The SMILES string of the molecule is O=C(O)C1(NS(=O)(=O)c2ccc3c(c2)CCCC3)CCOC1. The third-order valence-corrected chi connectivity index (χ3v) is 5.93. The first-order chi connectivity index (χ1) is 10.4. The molecule has 0 saturated carbocycles. The minimum atomic E-state index is -3.89. The highest BCUT2D eigenvalue weighted by atomic mass is 32.2. The van der Waals surface area contributed by atoms with Gasteiger partial charge in [-0.3, -0.25) is 4.79 Å². The predicted molar refractivity (Wildman–Crippen MR) is 79.2 cm³/mol. The van der Waals surface area contributed by atoms with Crippen LogP contribution in [0, 0.1) is 0 Å². The lowest BCUT2D eigenvalue weighted by Crippen LogP contribution is -2.55. The van der Waals surface area contributed by atoms with Gasteiger partial charge in [0.2, 0.25) is 10.0 Å². The van der Waals surface area contributed by atoms with Gasteiger partial charge in [0.15, 0.2) is 5.54 Å². The Balaban J connectivity index is 1.91. The monoisotopic (exact) mass is 325 g/mol. The van der Waals surface area contributed by atoms with Gasteiger partial charge < -0.3 is 9.84 Å². The second kappa shape index (κ2) is 5.64. The number of sulfonamides is 1. The number of benzene rings is 1. The number of aryl methyl sites for hydroxylation is 2. The number of carboxylic acid groups (broad SMARTS) is 1. The normalized spacial score (nSPS) is 24.9. The molecule has 1 atom stereocenters. The standard InChI is InChI=1S/C15H19NO5S/c17-14(18)15(7-8-21-10-15)16-22(19,20)13-6-5-11-3-1-2-4-12(11)9-13/h5-6,9,16H,1-4,7-8,10H2,(H,17,18). The van der Waals surface area contributed by atoms with Crippen LogP contribution in [0.2, 0.25) is 0 Å². The Labute approximate surface area is 129 Å². The molecule has 1 aliphatic heterocycles. The fraction of sp³-hybridized carbons (Fsp3) is 0.533. The molecular weight excluding hydrogens is 306 g/mol. The van der Waals surface area contributed by atoms with Gasteiger partial charge in [-0.05, 0) is 48.9 Å². The molecule has 1 saturated heterocycles. The third-order valence-electron chi connectivity index (χ3n) is 4.39. The number of carbonyl (C=O) groups is 1. The second-order valence-corrected chi connectivity index (χ2v) is 7.62. The molecule has 0 radical (unpaired) electrons. The van der Waals surface area contributed by atoms with E-state index in [0.29, 0.717) is 0 Å². The van der Waals surface area contributed by atoms with Crippen molar-refractivity contribution in [3.05, 3.63) is 29.3 Å². The van der Waals surface area contributed by atoms with Crippen molar-refractivity contribution in [2.45, 2.75) is 42.5 Å². The molecule has 7 heteroatoms. The van der Waals surface area contributed by atoms with Gasteiger partial charge in [-0.15, -0.1) is 0 Å². The highest BCUT2D eigenvalue weighted by molar-refractivity contribution is 7.89. The predicted octanol–water partition coefficient (Wildman–Crippen LogP) is 1.09. The first kappa shape index (κ1) is 15.5. The van der Waals surface area contributed by atoms with E-state index in [0.717, 1.165) is 31.2 Å². The topological polar surface area (TPSA) is 92.7 Å². The minimum absolute atomic E-state index is 0.126. The minimum Gasteiger partial charge on any atom is -0.480 e. The highest BCUT2D eigenvalue weighted by Gasteiger charge is 2.46. The molecule has 1 unspecified atom stereocenters. The Morgan fingerprint density at radius 3 is 2.59 bits per heavy atom.